The van der Waals surface area contributed by atoms with Crippen LogP contribution in [0.5, 0.6) is 0 Å². The van der Waals surface area contributed by atoms with Gasteiger partial charge in [-0.1, -0.05) is 39.7 Å². The van der Waals surface area contributed by atoms with Gasteiger partial charge in [0.1, 0.15) is 5.82 Å². The molecule has 1 unspecified atom stereocenters. The Morgan fingerprint density at radius 2 is 2.00 bits per heavy atom. The van der Waals surface area contributed by atoms with Crippen LogP contribution in [0.2, 0.25) is 5.02 Å². The lowest BCUT2D eigenvalue weighted by atomic mass is 10.1. The molecule has 0 aromatic heterocycles. The van der Waals surface area contributed by atoms with E-state index in [0.29, 0.717) is 5.02 Å². The minimum atomic E-state index is -0.594. The lowest BCUT2D eigenvalue weighted by Gasteiger charge is -2.20. The summed E-state index contributed by atoms with van der Waals surface area (Å²) in [5.41, 5.74) is 1.04. The number of aliphatic hydroxyl groups excluding tert-OH is 1. The Hall–Kier alpha value is -1.10. The van der Waals surface area contributed by atoms with Crippen LogP contribution < -0.4 is 5.32 Å². The molecule has 0 radical (unpaired) electrons. The molecule has 0 aliphatic rings. The van der Waals surface area contributed by atoms with Crippen LogP contribution in [0.4, 0.5) is 10.1 Å². The molecule has 0 aliphatic heterocycles. The van der Waals surface area contributed by atoms with Crippen molar-refractivity contribution in [2.45, 2.75) is 6.04 Å². The summed E-state index contributed by atoms with van der Waals surface area (Å²) >= 11 is 9.36. The van der Waals surface area contributed by atoms with Crippen molar-refractivity contribution in [2.24, 2.45) is 0 Å². The standard InChI is InChI=1S/C14H12BrClFNO/c15-9-3-1-4-10(7-9)18-13(8-19)14-11(16)5-2-6-12(14)17/h1-7,13,18-19H,8H2. The summed E-state index contributed by atoms with van der Waals surface area (Å²) in [6, 6.07) is 11.3. The molecule has 19 heavy (non-hydrogen) atoms. The fraction of sp³-hybridized carbons (Fsp3) is 0.143. The van der Waals surface area contributed by atoms with Gasteiger partial charge in [-0.05, 0) is 30.3 Å². The highest BCUT2D eigenvalue weighted by atomic mass is 79.9. The van der Waals surface area contributed by atoms with Gasteiger partial charge in [0.25, 0.3) is 0 Å². The Labute approximate surface area is 124 Å². The Bertz CT molecular complexity index is 559. The third kappa shape index (κ3) is 3.47. The van der Waals surface area contributed by atoms with Gasteiger partial charge < -0.3 is 10.4 Å². The van der Waals surface area contributed by atoms with Gasteiger partial charge in [0.2, 0.25) is 0 Å². The van der Waals surface area contributed by atoms with Gasteiger partial charge in [0, 0.05) is 20.7 Å². The van der Waals surface area contributed by atoms with E-state index in [0.717, 1.165) is 10.2 Å². The van der Waals surface area contributed by atoms with Crippen molar-refractivity contribution in [3.63, 3.8) is 0 Å². The van der Waals surface area contributed by atoms with Crippen molar-refractivity contribution in [2.75, 3.05) is 11.9 Å². The van der Waals surface area contributed by atoms with Gasteiger partial charge in [-0.3, -0.25) is 0 Å². The molecule has 0 fully saturated rings. The molecule has 2 aromatic rings. The summed E-state index contributed by atoms with van der Waals surface area (Å²) in [4.78, 5) is 0. The first-order chi connectivity index (χ1) is 9.11. The van der Waals surface area contributed by atoms with Crippen molar-refractivity contribution in [1.29, 1.82) is 0 Å². The van der Waals surface area contributed by atoms with Gasteiger partial charge >= 0.3 is 0 Å². The Morgan fingerprint density at radius 3 is 2.63 bits per heavy atom. The van der Waals surface area contributed by atoms with E-state index in [9.17, 15) is 9.50 Å². The van der Waals surface area contributed by atoms with Crippen LogP contribution >= 0.6 is 27.5 Å². The lowest BCUT2D eigenvalue weighted by molar-refractivity contribution is 0.274. The van der Waals surface area contributed by atoms with E-state index in [2.05, 4.69) is 21.2 Å². The molecule has 2 rings (SSSR count). The molecule has 2 N–H and O–H groups in total. The third-order valence-electron chi connectivity index (χ3n) is 2.70. The lowest BCUT2D eigenvalue weighted by Crippen LogP contribution is -2.16. The number of nitrogens with one attached hydrogen (secondary N) is 1. The average Bonchev–Trinajstić information content (AvgIpc) is 2.37. The zero-order chi connectivity index (χ0) is 13.8. The molecule has 100 valence electrons. The molecule has 0 spiro atoms. The largest absolute Gasteiger partial charge is 0.394 e. The first kappa shape index (κ1) is 14.3. The average molecular weight is 345 g/mol. The van der Waals surface area contributed by atoms with Gasteiger partial charge in [0.15, 0.2) is 0 Å². The second-order valence-corrected chi connectivity index (χ2v) is 5.35. The minimum absolute atomic E-state index is 0.257. The van der Waals surface area contributed by atoms with Crippen molar-refractivity contribution >= 4 is 33.2 Å². The molecule has 2 nitrogen and oxygen atoms in total. The van der Waals surface area contributed by atoms with Gasteiger partial charge in [-0.2, -0.15) is 0 Å². The summed E-state index contributed by atoms with van der Waals surface area (Å²) in [5, 5.41) is 12.8. The SMILES string of the molecule is OCC(Nc1cccc(Br)c1)c1c(F)cccc1Cl. The molecule has 5 heteroatoms. The van der Waals surface area contributed by atoms with Gasteiger partial charge in [-0.15, -0.1) is 0 Å². The smallest absolute Gasteiger partial charge is 0.130 e. The zero-order valence-corrected chi connectivity index (χ0v) is 12.2. The van der Waals surface area contributed by atoms with Crippen molar-refractivity contribution < 1.29 is 9.50 Å². The van der Waals surface area contributed by atoms with Crippen LogP contribution in [0.1, 0.15) is 11.6 Å². The monoisotopic (exact) mass is 343 g/mol. The number of rotatable bonds is 4. The molecule has 2 aromatic carbocycles. The van der Waals surface area contributed by atoms with Crippen LogP contribution in [-0.4, -0.2) is 11.7 Å². The summed E-state index contributed by atoms with van der Waals surface area (Å²) < 4.78 is 14.7. The summed E-state index contributed by atoms with van der Waals surface area (Å²) in [7, 11) is 0. The number of anilines is 1. The normalized spacial score (nSPS) is 12.2. The molecule has 0 aliphatic carbocycles. The van der Waals surface area contributed by atoms with Crippen molar-refractivity contribution in [3.8, 4) is 0 Å². The summed E-state index contributed by atoms with van der Waals surface area (Å²) in [6.07, 6.45) is 0. The molecule has 0 saturated heterocycles. The van der Waals surface area contributed by atoms with Crippen molar-refractivity contribution in [1.82, 2.24) is 0 Å². The van der Waals surface area contributed by atoms with Crippen LogP contribution in [0.15, 0.2) is 46.9 Å². The second-order valence-electron chi connectivity index (χ2n) is 4.03. The molecule has 0 heterocycles. The topological polar surface area (TPSA) is 32.3 Å². The minimum Gasteiger partial charge on any atom is -0.394 e. The molecular formula is C14H12BrClFNO. The van der Waals surface area contributed by atoms with E-state index in [1.165, 1.54) is 12.1 Å². The van der Waals surface area contributed by atoms with E-state index in [1.807, 2.05) is 24.3 Å². The molecule has 1 atom stereocenters. The van der Waals surface area contributed by atoms with Crippen molar-refractivity contribution in [3.05, 3.63) is 63.3 Å². The van der Waals surface area contributed by atoms with Crippen LogP contribution in [0.3, 0.4) is 0 Å². The molecule has 0 bridgehead atoms. The maximum absolute atomic E-state index is 13.8. The maximum Gasteiger partial charge on any atom is 0.130 e. The molecule has 0 saturated carbocycles. The van der Waals surface area contributed by atoms with Crippen LogP contribution in [0, 0.1) is 5.82 Å². The fourth-order valence-corrected chi connectivity index (χ4v) is 2.53. The van der Waals surface area contributed by atoms with E-state index in [-0.39, 0.29) is 12.2 Å². The van der Waals surface area contributed by atoms with E-state index in [4.69, 9.17) is 11.6 Å². The van der Waals surface area contributed by atoms with E-state index < -0.39 is 11.9 Å². The Balaban J connectivity index is 2.30. The Kier molecular flexibility index (Phi) is 4.80. The number of hydrogen-bond donors (Lipinski definition) is 2. The quantitative estimate of drug-likeness (QED) is 0.862. The molecule has 0 amide bonds. The highest BCUT2D eigenvalue weighted by Crippen LogP contribution is 2.29. The predicted octanol–water partition coefficient (Wildman–Crippen LogP) is 4.39. The number of hydrogen-bond acceptors (Lipinski definition) is 2. The van der Waals surface area contributed by atoms with E-state index in [1.54, 1.807) is 6.07 Å². The summed E-state index contributed by atoms with van der Waals surface area (Å²) in [5.74, 6) is -0.436. The number of halogens is 3. The predicted molar refractivity (Wildman–Crippen MR) is 79.0 cm³/mol. The Morgan fingerprint density at radius 1 is 1.26 bits per heavy atom. The highest BCUT2D eigenvalue weighted by molar-refractivity contribution is 9.10. The van der Waals surface area contributed by atoms with Crippen LogP contribution in [-0.2, 0) is 0 Å². The third-order valence-corrected chi connectivity index (χ3v) is 3.52. The fourth-order valence-electron chi connectivity index (χ4n) is 1.83. The van der Waals surface area contributed by atoms with Crippen LogP contribution in [0.25, 0.3) is 0 Å². The zero-order valence-electron chi connectivity index (χ0n) is 9.91. The highest BCUT2D eigenvalue weighted by Gasteiger charge is 2.18. The number of aliphatic hydroxyl groups is 1. The number of benzene rings is 2. The van der Waals surface area contributed by atoms with Gasteiger partial charge in [0.05, 0.1) is 12.6 Å². The van der Waals surface area contributed by atoms with Gasteiger partial charge in [-0.25, -0.2) is 4.39 Å². The molecular weight excluding hydrogens is 333 g/mol. The second kappa shape index (κ2) is 6.37. The first-order valence-corrected chi connectivity index (χ1v) is 6.86. The maximum atomic E-state index is 13.8. The summed E-state index contributed by atoms with van der Waals surface area (Å²) in [6.45, 7) is -0.257. The first-order valence-electron chi connectivity index (χ1n) is 5.68. The van der Waals surface area contributed by atoms with E-state index >= 15 is 0 Å².